The maximum Gasteiger partial charge on any atom is 0.251 e. The summed E-state index contributed by atoms with van der Waals surface area (Å²) in [5, 5.41) is 4.03. The number of aromatic amines is 1. The molecule has 2 amide bonds. The zero-order valence-electron chi connectivity index (χ0n) is 16.2. The Balaban J connectivity index is 1.50. The summed E-state index contributed by atoms with van der Waals surface area (Å²) in [5.41, 5.74) is 2.36. The third kappa shape index (κ3) is 3.68. The Bertz CT molecular complexity index is 1250. The molecule has 0 bridgehead atoms. The number of aromatic nitrogens is 1. The van der Waals surface area contributed by atoms with Crippen molar-refractivity contribution in [2.24, 2.45) is 5.92 Å². The van der Waals surface area contributed by atoms with Crippen LogP contribution in [0.2, 0.25) is 5.02 Å². The maximum atomic E-state index is 12.6. The van der Waals surface area contributed by atoms with Crippen molar-refractivity contribution in [1.82, 2.24) is 10.3 Å². The van der Waals surface area contributed by atoms with Gasteiger partial charge < -0.3 is 10.3 Å². The van der Waals surface area contributed by atoms with Crippen LogP contribution in [0.15, 0.2) is 48.7 Å². The molecule has 2 heterocycles. The molecular formula is C21H20ClN3O4S. The Morgan fingerprint density at radius 3 is 2.77 bits per heavy atom. The smallest absolute Gasteiger partial charge is 0.251 e. The van der Waals surface area contributed by atoms with Gasteiger partial charge in [-0.2, -0.15) is 0 Å². The fraction of sp³-hybridized carbons (Fsp3) is 0.238. The van der Waals surface area contributed by atoms with Crippen molar-refractivity contribution in [2.75, 3.05) is 16.6 Å². The van der Waals surface area contributed by atoms with Crippen LogP contribution in [0.3, 0.4) is 0 Å². The summed E-state index contributed by atoms with van der Waals surface area (Å²) in [6.07, 6.45) is 2.55. The Kier molecular flexibility index (Phi) is 5.29. The number of carbonyl (C=O) groups excluding carboxylic acids is 2. The highest BCUT2D eigenvalue weighted by atomic mass is 35.5. The maximum absolute atomic E-state index is 12.6. The second kappa shape index (κ2) is 7.77. The quantitative estimate of drug-likeness (QED) is 0.630. The zero-order chi connectivity index (χ0) is 21.5. The summed E-state index contributed by atoms with van der Waals surface area (Å²) in [4.78, 5) is 28.2. The van der Waals surface area contributed by atoms with Crippen molar-refractivity contribution < 1.29 is 18.0 Å². The predicted octanol–water partition coefficient (Wildman–Crippen LogP) is 3.11. The number of rotatable bonds is 5. The van der Waals surface area contributed by atoms with Gasteiger partial charge in [0.1, 0.15) is 0 Å². The molecule has 3 aromatic rings. The molecule has 4 rings (SSSR count). The molecule has 2 aromatic carbocycles. The van der Waals surface area contributed by atoms with Gasteiger partial charge in [-0.1, -0.05) is 36.7 Å². The lowest BCUT2D eigenvalue weighted by Crippen LogP contribution is -2.31. The molecule has 1 fully saturated rings. The second-order valence-corrected chi connectivity index (χ2v) is 9.58. The molecule has 1 aliphatic rings. The predicted molar refractivity (Wildman–Crippen MR) is 116 cm³/mol. The fourth-order valence-electron chi connectivity index (χ4n) is 3.63. The van der Waals surface area contributed by atoms with Gasteiger partial charge in [-0.15, -0.1) is 0 Å². The van der Waals surface area contributed by atoms with E-state index in [1.807, 2.05) is 30.5 Å². The molecule has 0 spiro atoms. The lowest BCUT2D eigenvalue weighted by molar-refractivity contribution is -0.119. The number of hydrogen-bond donors (Lipinski definition) is 2. The number of carbonyl (C=O) groups is 2. The Labute approximate surface area is 179 Å². The van der Waals surface area contributed by atoms with Crippen LogP contribution in [0.4, 0.5) is 5.69 Å². The van der Waals surface area contributed by atoms with E-state index in [1.54, 1.807) is 6.92 Å². The first-order chi connectivity index (χ1) is 14.3. The molecule has 0 aliphatic carbocycles. The van der Waals surface area contributed by atoms with Crippen molar-refractivity contribution in [2.45, 2.75) is 13.3 Å². The van der Waals surface area contributed by atoms with Crippen LogP contribution >= 0.6 is 11.6 Å². The van der Waals surface area contributed by atoms with Crippen molar-refractivity contribution in [3.63, 3.8) is 0 Å². The zero-order valence-corrected chi connectivity index (χ0v) is 17.8. The first-order valence-corrected chi connectivity index (χ1v) is 11.5. The average Bonchev–Trinajstić information content (AvgIpc) is 3.20. The van der Waals surface area contributed by atoms with Gasteiger partial charge in [-0.05, 0) is 36.2 Å². The molecule has 0 saturated carbocycles. The van der Waals surface area contributed by atoms with Gasteiger partial charge in [0.05, 0.1) is 22.4 Å². The fourth-order valence-corrected chi connectivity index (χ4v) is 5.71. The summed E-state index contributed by atoms with van der Waals surface area (Å²) in [6.45, 7) is 1.95. The van der Waals surface area contributed by atoms with E-state index in [1.165, 1.54) is 18.2 Å². The number of amides is 2. The molecule has 7 nitrogen and oxygen atoms in total. The van der Waals surface area contributed by atoms with E-state index >= 15 is 0 Å². The van der Waals surface area contributed by atoms with Gasteiger partial charge in [0.2, 0.25) is 15.9 Å². The van der Waals surface area contributed by atoms with E-state index in [-0.39, 0.29) is 27.9 Å². The molecular weight excluding hydrogens is 426 g/mol. The number of sulfonamides is 1. The lowest BCUT2D eigenvalue weighted by atomic mass is 10.1. The third-order valence-electron chi connectivity index (χ3n) is 5.14. The van der Waals surface area contributed by atoms with Crippen LogP contribution in [-0.2, 0) is 21.2 Å². The topological polar surface area (TPSA) is 99.3 Å². The molecule has 1 unspecified atom stereocenters. The Morgan fingerprint density at radius 1 is 1.27 bits per heavy atom. The number of para-hydroxylation sites is 1. The largest absolute Gasteiger partial charge is 0.361 e. The minimum atomic E-state index is -3.81. The number of anilines is 1. The number of halogens is 1. The molecule has 1 aliphatic heterocycles. The van der Waals surface area contributed by atoms with Crippen LogP contribution < -0.4 is 9.62 Å². The van der Waals surface area contributed by atoms with Crippen LogP contribution in [-0.4, -0.2) is 37.5 Å². The number of fused-ring (bicyclic) bond motifs is 1. The van der Waals surface area contributed by atoms with E-state index in [4.69, 9.17) is 11.6 Å². The van der Waals surface area contributed by atoms with Gasteiger partial charge in [-0.3, -0.25) is 9.59 Å². The van der Waals surface area contributed by atoms with E-state index in [0.717, 1.165) is 16.5 Å². The summed E-state index contributed by atoms with van der Waals surface area (Å²) < 4.78 is 25.5. The molecule has 1 aromatic heterocycles. The van der Waals surface area contributed by atoms with Gasteiger partial charge >= 0.3 is 0 Å². The number of nitrogens with zero attached hydrogens (tertiary/aromatic N) is 1. The van der Waals surface area contributed by atoms with Crippen LogP contribution in [0.25, 0.3) is 10.9 Å². The Morgan fingerprint density at radius 2 is 2.03 bits per heavy atom. The average molecular weight is 446 g/mol. The van der Waals surface area contributed by atoms with Crippen molar-refractivity contribution in [1.29, 1.82) is 0 Å². The van der Waals surface area contributed by atoms with Crippen molar-refractivity contribution >= 4 is 50.0 Å². The standard InChI is InChI=1S/C21H20ClN3O4S/c1-13-12-30(28,29)25(21(13)27)19-10-14(6-7-17(19)22)20(26)23-9-8-15-11-24-18-5-3-2-4-16(15)18/h2-7,10-11,13,24H,8-9,12H2,1H3,(H,23,26). The van der Waals surface area contributed by atoms with Crippen molar-refractivity contribution in [3.05, 3.63) is 64.8 Å². The highest BCUT2D eigenvalue weighted by molar-refractivity contribution is 7.94. The summed E-state index contributed by atoms with van der Waals surface area (Å²) >= 11 is 6.16. The van der Waals surface area contributed by atoms with Gasteiger partial charge in [-0.25, -0.2) is 12.7 Å². The first-order valence-electron chi connectivity index (χ1n) is 9.47. The second-order valence-electron chi connectivity index (χ2n) is 7.31. The van der Waals surface area contributed by atoms with E-state index in [0.29, 0.717) is 17.3 Å². The normalized spacial score (nSPS) is 18.1. The highest BCUT2D eigenvalue weighted by Gasteiger charge is 2.43. The lowest BCUT2D eigenvalue weighted by Gasteiger charge is -2.17. The summed E-state index contributed by atoms with van der Waals surface area (Å²) in [5.74, 6) is -1.85. The van der Waals surface area contributed by atoms with Gasteiger partial charge in [0.15, 0.2) is 0 Å². The number of H-pyrrole nitrogens is 1. The van der Waals surface area contributed by atoms with Crippen LogP contribution in [0.1, 0.15) is 22.8 Å². The monoisotopic (exact) mass is 445 g/mol. The molecule has 9 heteroatoms. The highest BCUT2D eigenvalue weighted by Crippen LogP contribution is 2.34. The SMILES string of the molecule is CC1CS(=O)(=O)N(c2cc(C(=O)NCCc3c[nH]c4ccccc34)ccc2Cl)C1=O. The molecule has 156 valence electrons. The van der Waals surface area contributed by atoms with Crippen molar-refractivity contribution in [3.8, 4) is 0 Å². The summed E-state index contributed by atoms with van der Waals surface area (Å²) in [7, 11) is -3.81. The van der Waals surface area contributed by atoms with Gasteiger partial charge in [0.25, 0.3) is 5.91 Å². The van der Waals surface area contributed by atoms with Crippen LogP contribution in [0, 0.1) is 5.92 Å². The molecule has 2 N–H and O–H groups in total. The third-order valence-corrected chi connectivity index (χ3v) is 7.32. The van der Waals surface area contributed by atoms with E-state index in [9.17, 15) is 18.0 Å². The van der Waals surface area contributed by atoms with Crippen LogP contribution in [0.5, 0.6) is 0 Å². The number of hydrogen-bond acceptors (Lipinski definition) is 4. The number of nitrogens with one attached hydrogen (secondary N) is 2. The number of benzene rings is 2. The molecule has 1 atom stereocenters. The van der Waals surface area contributed by atoms with Gasteiger partial charge in [0, 0.05) is 29.2 Å². The molecule has 0 radical (unpaired) electrons. The molecule has 1 saturated heterocycles. The minimum Gasteiger partial charge on any atom is -0.361 e. The Hall–Kier alpha value is -2.84. The molecule has 30 heavy (non-hydrogen) atoms. The van der Waals surface area contributed by atoms with E-state index in [2.05, 4.69) is 10.3 Å². The summed E-state index contributed by atoms with van der Waals surface area (Å²) in [6, 6.07) is 12.2. The van der Waals surface area contributed by atoms with E-state index < -0.39 is 21.8 Å². The minimum absolute atomic E-state index is 0.00953. The first kappa shape index (κ1) is 20.4.